The van der Waals surface area contributed by atoms with E-state index in [0.717, 1.165) is 26.6 Å². The second-order valence-corrected chi connectivity index (χ2v) is 10.8. The van der Waals surface area contributed by atoms with Gasteiger partial charge in [0.1, 0.15) is 5.52 Å². The monoisotopic (exact) mass is 563 g/mol. The number of aryl methyl sites for hydroxylation is 1. The van der Waals surface area contributed by atoms with E-state index in [0.29, 0.717) is 16.5 Å². The van der Waals surface area contributed by atoms with Crippen molar-refractivity contribution in [1.29, 1.82) is 0 Å². The topological polar surface area (TPSA) is 98.0 Å². The lowest BCUT2D eigenvalue weighted by Gasteiger charge is -2.19. The van der Waals surface area contributed by atoms with Gasteiger partial charge in [0.15, 0.2) is 5.65 Å². The van der Waals surface area contributed by atoms with Gasteiger partial charge >= 0.3 is 6.18 Å². The van der Waals surface area contributed by atoms with Gasteiger partial charge in [-0.3, -0.25) is 4.79 Å². The summed E-state index contributed by atoms with van der Waals surface area (Å²) < 4.78 is 67.4. The molecule has 0 saturated heterocycles. The third-order valence-corrected chi connectivity index (χ3v) is 7.93. The first-order chi connectivity index (χ1) is 19.0. The van der Waals surface area contributed by atoms with Crippen LogP contribution in [-0.2, 0) is 22.7 Å². The second-order valence-electron chi connectivity index (χ2n) is 8.97. The number of para-hydroxylation sites is 1. The Balaban J connectivity index is 1.59. The van der Waals surface area contributed by atoms with Crippen molar-refractivity contribution in [2.24, 2.45) is 0 Å². The predicted octanol–water partition coefficient (Wildman–Crippen LogP) is 4.82. The Hall–Kier alpha value is -4.76. The van der Waals surface area contributed by atoms with Crippen LogP contribution in [0, 0.1) is 19.3 Å². The van der Waals surface area contributed by atoms with Crippen molar-refractivity contribution < 1.29 is 26.4 Å². The fourth-order valence-corrected chi connectivity index (χ4v) is 5.68. The molecule has 0 unspecified atom stereocenters. The van der Waals surface area contributed by atoms with Gasteiger partial charge in [0.05, 0.1) is 22.5 Å². The molecular weight excluding hydrogens is 543 g/mol. The number of carbonyl (C=O) groups excluding carboxylic acids is 1. The number of alkyl halides is 3. The SMILES string of the molecule is C#CCN(Cc1ccc(C(F)(F)F)cc1)C(=O)c1nnc2c3ccccc3n(S(=O)(=O)c3ccc(C)cc3)c2n1. The van der Waals surface area contributed by atoms with Crippen molar-refractivity contribution in [2.45, 2.75) is 24.5 Å². The Labute approximate surface area is 227 Å². The van der Waals surface area contributed by atoms with Crippen molar-refractivity contribution >= 4 is 38.0 Å². The molecule has 0 atom stereocenters. The van der Waals surface area contributed by atoms with Crippen LogP contribution in [0.5, 0.6) is 0 Å². The first-order valence-corrected chi connectivity index (χ1v) is 13.3. The van der Waals surface area contributed by atoms with E-state index < -0.39 is 33.5 Å². The summed E-state index contributed by atoms with van der Waals surface area (Å²) in [6, 6.07) is 17.2. The highest BCUT2D eigenvalue weighted by Gasteiger charge is 2.30. The highest BCUT2D eigenvalue weighted by atomic mass is 32.2. The van der Waals surface area contributed by atoms with Gasteiger partial charge in [0.25, 0.3) is 15.9 Å². The highest BCUT2D eigenvalue weighted by molar-refractivity contribution is 7.90. The molecule has 5 rings (SSSR count). The maximum absolute atomic E-state index is 13.8. The lowest BCUT2D eigenvalue weighted by atomic mass is 10.1. The fourth-order valence-electron chi connectivity index (χ4n) is 4.22. The van der Waals surface area contributed by atoms with E-state index in [1.807, 2.05) is 6.92 Å². The third kappa shape index (κ3) is 4.87. The minimum atomic E-state index is -4.50. The van der Waals surface area contributed by atoms with Crippen molar-refractivity contribution in [1.82, 2.24) is 24.1 Å². The molecule has 0 aliphatic carbocycles. The van der Waals surface area contributed by atoms with Gasteiger partial charge in [-0.05, 0) is 42.8 Å². The van der Waals surface area contributed by atoms with E-state index >= 15 is 0 Å². The molecular formula is C28H20F3N5O3S. The first kappa shape index (κ1) is 26.8. The van der Waals surface area contributed by atoms with Crippen LogP contribution in [0.2, 0.25) is 0 Å². The lowest BCUT2D eigenvalue weighted by Crippen LogP contribution is -2.32. The standard InChI is InChI=1S/C28H20F3N5O3S/c1-3-16-35(17-19-10-12-20(13-11-19)28(29,30)31)27(37)25-32-26-24(33-34-25)22-6-4-5-7-23(22)36(26)40(38,39)21-14-8-18(2)9-15-21/h1,4-15H,16-17H2,2H3. The number of fused-ring (bicyclic) bond motifs is 3. The molecule has 1 amide bonds. The molecule has 0 N–H and O–H groups in total. The summed E-state index contributed by atoms with van der Waals surface area (Å²) in [6.07, 6.45) is 0.944. The number of amides is 1. The number of nitrogens with zero attached hydrogens (tertiary/aromatic N) is 5. The maximum atomic E-state index is 13.8. The summed E-state index contributed by atoms with van der Waals surface area (Å²) in [5, 5.41) is 8.56. The minimum absolute atomic E-state index is 0.0171. The minimum Gasteiger partial charge on any atom is -0.320 e. The molecule has 0 radical (unpaired) electrons. The number of benzene rings is 3. The number of carbonyl (C=O) groups is 1. The smallest absolute Gasteiger partial charge is 0.320 e. The van der Waals surface area contributed by atoms with E-state index in [1.165, 1.54) is 24.3 Å². The summed E-state index contributed by atoms with van der Waals surface area (Å²) in [5.74, 6) is 1.16. The van der Waals surface area contributed by atoms with Crippen LogP contribution in [-0.4, -0.2) is 44.9 Å². The van der Waals surface area contributed by atoms with Gasteiger partial charge in [0.2, 0.25) is 5.82 Å². The Morgan fingerprint density at radius 1 is 1.00 bits per heavy atom. The van der Waals surface area contributed by atoms with Crippen molar-refractivity contribution in [2.75, 3.05) is 6.54 Å². The zero-order valence-corrected chi connectivity index (χ0v) is 21.7. The van der Waals surface area contributed by atoms with Crippen LogP contribution in [0.15, 0.2) is 77.7 Å². The Morgan fingerprint density at radius 3 is 2.33 bits per heavy atom. The molecule has 0 fully saturated rings. The van der Waals surface area contributed by atoms with Gasteiger partial charge in [-0.1, -0.05) is 53.9 Å². The summed E-state index contributed by atoms with van der Waals surface area (Å²) in [4.78, 5) is 18.9. The molecule has 0 spiro atoms. The van der Waals surface area contributed by atoms with Crippen LogP contribution < -0.4 is 0 Å². The van der Waals surface area contributed by atoms with Crippen LogP contribution in [0.1, 0.15) is 27.3 Å². The number of halogens is 3. The normalized spacial score (nSPS) is 12.0. The number of hydrogen-bond donors (Lipinski definition) is 0. The average Bonchev–Trinajstić information content (AvgIpc) is 3.27. The largest absolute Gasteiger partial charge is 0.416 e. The average molecular weight is 564 g/mol. The molecule has 0 aliphatic heterocycles. The molecule has 0 aliphatic rings. The quantitative estimate of drug-likeness (QED) is 0.275. The van der Waals surface area contributed by atoms with Crippen LogP contribution in [0.3, 0.4) is 0 Å². The fraction of sp³-hybridized carbons (Fsp3) is 0.143. The molecule has 0 saturated carbocycles. The second kappa shape index (κ2) is 10.1. The van der Waals surface area contributed by atoms with Crippen molar-refractivity contribution in [3.63, 3.8) is 0 Å². The number of aromatic nitrogens is 4. The van der Waals surface area contributed by atoms with E-state index in [1.54, 1.807) is 36.4 Å². The lowest BCUT2D eigenvalue weighted by molar-refractivity contribution is -0.137. The number of terminal acetylenes is 1. The molecule has 2 aromatic heterocycles. The van der Waals surface area contributed by atoms with E-state index in [-0.39, 0.29) is 29.1 Å². The third-order valence-electron chi connectivity index (χ3n) is 6.21. The van der Waals surface area contributed by atoms with Crippen molar-refractivity contribution in [3.05, 3.63) is 95.3 Å². The highest BCUT2D eigenvalue weighted by Crippen LogP contribution is 2.31. The maximum Gasteiger partial charge on any atom is 0.416 e. The molecule has 202 valence electrons. The van der Waals surface area contributed by atoms with Gasteiger partial charge in [-0.15, -0.1) is 16.6 Å². The molecule has 40 heavy (non-hydrogen) atoms. The van der Waals surface area contributed by atoms with Gasteiger partial charge in [-0.2, -0.15) is 13.2 Å². The Kier molecular flexibility index (Phi) is 6.77. The first-order valence-electron chi connectivity index (χ1n) is 11.9. The summed E-state index contributed by atoms with van der Waals surface area (Å²) in [6.45, 7) is 1.50. The zero-order chi connectivity index (χ0) is 28.7. The van der Waals surface area contributed by atoms with Crippen LogP contribution in [0.25, 0.3) is 22.1 Å². The molecule has 0 bridgehead atoms. The summed E-state index contributed by atoms with van der Waals surface area (Å²) in [7, 11) is -4.17. The Morgan fingerprint density at radius 2 is 1.68 bits per heavy atom. The van der Waals surface area contributed by atoms with Crippen molar-refractivity contribution in [3.8, 4) is 12.3 Å². The molecule has 5 aromatic rings. The van der Waals surface area contributed by atoms with E-state index in [4.69, 9.17) is 6.42 Å². The van der Waals surface area contributed by atoms with E-state index in [2.05, 4.69) is 21.1 Å². The number of rotatable bonds is 6. The Bertz CT molecular complexity index is 1890. The molecule has 3 aromatic carbocycles. The van der Waals surface area contributed by atoms with Gasteiger partial charge in [0, 0.05) is 11.9 Å². The van der Waals surface area contributed by atoms with Gasteiger partial charge in [-0.25, -0.2) is 17.4 Å². The zero-order valence-electron chi connectivity index (χ0n) is 20.9. The number of hydrogen-bond acceptors (Lipinski definition) is 6. The molecule has 8 nitrogen and oxygen atoms in total. The van der Waals surface area contributed by atoms with Crippen LogP contribution >= 0.6 is 0 Å². The molecule has 12 heteroatoms. The van der Waals surface area contributed by atoms with Gasteiger partial charge < -0.3 is 4.90 Å². The molecule has 2 heterocycles. The predicted molar refractivity (Wildman–Crippen MR) is 142 cm³/mol. The summed E-state index contributed by atoms with van der Waals surface area (Å²) >= 11 is 0. The van der Waals surface area contributed by atoms with E-state index in [9.17, 15) is 26.4 Å². The van der Waals surface area contributed by atoms with Crippen LogP contribution in [0.4, 0.5) is 13.2 Å². The summed E-state index contributed by atoms with van der Waals surface area (Å²) in [5.41, 5.74) is 0.812.